The average Bonchev–Trinajstić information content (AvgIpc) is 2.10. The lowest BCUT2D eigenvalue weighted by Crippen LogP contribution is -2.59. The highest BCUT2D eigenvalue weighted by Crippen LogP contribution is 2.14. The largest absolute Gasteiger partial charge is 0.482 e. The molecule has 68 valence electrons. The Morgan fingerprint density at radius 3 is 2.58 bits per heavy atom. The van der Waals surface area contributed by atoms with Crippen LogP contribution in [0.15, 0.2) is 23.7 Å². The van der Waals surface area contributed by atoms with Crippen LogP contribution >= 0.6 is 0 Å². The Morgan fingerprint density at radius 2 is 2.08 bits per heavy atom. The number of hydrogen-bond donors (Lipinski definition) is 3. The zero-order chi connectivity index (χ0) is 9.19. The number of nitrogens with two attached hydrogens (primary N) is 2. The second-order valence-electron chi connectivity index (χ2n) is 2.42. The number of ether oxygens (including phenoxy) is 2. The summed E-state index contributed by atoms with van der Waals surface area (Å²) in [6.07, 6.45) is 3.32. The van der Waals surface area contributed by atoms with Crippen molar-refractivity contribution in [3.05, 3.63) is 23.7 Å². The number of dihydropyridines is 1. The topological polar surface area (TPSA) is 82.5 Å². The molecule has 0 aliphatic carbocycles. The maximum absolute atomic E-state index is 5.72. The van der Waals surface area contributed by atoms with E-state index in [2.05, 4.69) is 5.32 Å². The van der Waals surface area contributed by atoms with Gasteiger partial charge in [0.05, 0.1) is 12.8 Å². The minimum absolute atomic E-state index is 0.408. The Balaban J connectivity index is 2.86. The van der Waals surface area contributed by atoms with Gasteiger partial charge < -0.3 is 20.5 Å². The van der Waals surface area contributed by atoms with Crippen molar-refractivity contribution in [1.82, 2.24) is 5.32 Å². The van der Waals surface area contributed by atoms with E-state index in [-0.39, 0.29) is 0 Å². The molecule has 0 aromatic heterocycles. The lowest BCUT2D eigenvalue weighted by atomic mass is 10.2. The van der Waals surface area contributed by atoms with Crippen LogP contribution < -0.4 is 16.8 Å². The lowest BCUT2D eigenvalue weighted by Gasteiger charge is -2.32. The smallest absolute Gasteiger partial charge is 0.237 e. The van der Waals surface area contributed by atoms with E-state index in [0.29, 0.717) is 11.6 Å². The SMILES string of the molecule is COC1=CC=C(N)C(N)(OC)N1. The van der Waals surface area contributed by atoms with E-state index < -0.39 is 5.85 Å². The van der Waals surface area contributed by atoms with E-state index in [1.165, 1.54) is 14.2 Å². The van der Waals surface area contributed by atoms with Crippen LogP contribution in [0.3, 0.4) is 0 Å². The second kappa shape index (κ2) is 3.04. The quantitative estimate of drug-likeness (QED) is 0.473. The molecule has 1 aliphatic heterocycles. The molecule has 0 aromatic carbocycles. The standard InChI is InChI=1S/C7H13N3O2/c1-11-6-4-3-5(8)7(9,10-6)12-2/h3-4,10H,8-9H2,1-2H3. The van der Waals surface area contributed by atoms with Gasteiger partial charge in [0.15, 0.2) is 5.88 Å². The van der Waals surface area contributed by atoms with Crippen molar-refractivity contribution >= 4 is 0 Å². The molecule has 0 saturated heterocycles. The Morgan fingerprint density at radius 1 is 1.42 bits per heavy atom. The van der Waals surface area contributed by atoms with Crippen LogP contribution in [0.5, 0.6) is 0 Å². The molecule has 1 unspecified atom stereocenters. The van der Waals surface area contributed by atoms with Crippen LogP contribution in [0, 0.1) is 0 Å². The van der Waals surface area contributed by atoms with Gasteiger partial charge in [-0.3, -0.25) is 5.73 Å². The van der Waals surface area contributed by atoms with Crippen molar-refractivity contribution in [3.8, 4) is 0 Å². The molecule has 12 heavy (non-hydrogen) atoms. The summed E-state index contributed by atoms with van der Waals surface area (Å²) in [7, 11) is 3.00. The van der Waals surface area contributed by atoms with Crippen molar-refractivity contribution in [2.45, 2.75) is 5.85 Å². The fraction of sp³-hybridized carbons (Fsp3) is 0.429. The van der Waals surface area contributed by atoms with Crippen LogP contribution in [-0.2, 0) is 9.47 Å². The van der Waals surface area contributed by atoms with Crippen molar-refractivity contribution in [1.29, 1.82) is 0 Å². The van der Waals surface area contributed by atoms with E-state index in [0.717, 1.165) is 0 Å². The maximum Gasteiger partial charge on any atom is 0.237 e. The van der Waals surface area contributed by atoms with Gasteiger partial charge in [0.1, 0.15) is 0 Å². The third kappa shape index (κ3) is 1.37. The number of methoxy groups -OCH3 is 2. The van der Waals surface area contributed by atoms with Gasteiger partial charge >= 0.3 is 0 Å². The van der Waals surface area contributed by atoms with Crippen molar-refractivity contribution in [2.24, 2.45) is 11.5 Å². The zero-order valence-electron chi connectivity index (χ0n) is 7.13. The van der Waals surface area contributed by atoms with Crippen LogP contribution in [0.4, 0.5) is 0 Å². The number of nitrogens with one attached hydrogen (secondary N) is 1. The summed E-state index contributed by atoms with van der Waals surface area (Å²) < 4.78 is 9.90. The van der Waals surface area contributed by atoms with E-state index in [9.17, 15) is 0 Å². The fourth-order valence-electron chi connectivity index (χ4n) is 0.874. The Kier molecular flexibility index (Phi) is 2.25. The first-order chi connectivity index (χ1) is 5.62. The number of hydrogen-bond acceptors (Lipinski definition) is 5. The highest BCUT2D eigenvalue weighted by molar-refractivity contribution is 5.25. The molecular formula is C7H13N3O2. The second-order valence-corrected chi connectivity index (χ2v) is 2.42. The van der Waals surface area contributed by atoms with Gasteiger partial charge in [-0.1, -0.05) is 0 Å². The van der Waals surface area contributed by atoms with Gasteiger partial charge in [-0.25, -0.2) is 0 Å². The normalized spacial score (nSPS) is 28.6. The molecule has 0 aromatic rings. The summed E-state index contributed by atoms with van der Waals surface area (Å²) in [4.78, 5) is 0. The van der Waals surface area contributed by atoms with Gasteiger partial charge in [-0.2, -0.15) is 0 Å². The molecule has 0 fully saturated rings. The van der Waals surface area contributed by atoms with E-state index in [4.69, 9.17) is 20.9 Å². The molecule has 0 amide bonds. The molecule has 1 aliphatic rings. The fourth-order valence-corrected chi connectivity index (χ4v) is 0.874. The molecule has 0 radical (unpaired) electrons. The van der Waals surface area contributed by atoms with Crippen LogP contribution in [-0.4, -0.2) is 20.1 Å². The van der Waals surface area contributed by atoms with Crippen LogP contribution in [0.25, 0.3) is 0 Å². The molecule has 1 heterocycles. The molecule has 0 spiro atoms. The molecule has 5 N–H and O–H groups in total. The third-order valence-corrected chi connectivity index (χ3v) is 1.69. The van der Waals surface area contributed by atoms with E-state index in [1.54, 1.807) is 12.2 Å². The Hall–Kier alpha value is -1.20. The maximum atomic E-state index is 5.72. The summed E-state index contributed by atoms with van der Waals surface area (Å²) in [5.74, 6) is -0.631. The molecular weight excluding hydrogens is 158 g/mol. The first-order valence-corrected chi connectivity index (χ1v) is 3.46. The Labute approximate surface area is 71.0 Å². The van der Waals surface area contributed by atoms with Crippen molar-refractivity contribution in [2.75, 3.05) is 14.2 Å². The molecule has 5 heteroatoms. The van der Waals surface area contributed by atoms with Gasteiger partial charge in [-0.05, 0) is 12.2 Å². The van der Waals surface area contributed by atoms with Crippen molar-refractivity contribution in [3.63, 3.8) is 0 Å². The van der Waals surface area contributed by atoms with Gasteiger partial charge in [-0.15, -0.1) is 0 Å². The highest BCUT2D eigenvalue weighted by atomic mass is 16.5. The molecule has 1 atom stereocenters. The molecule has 0 saturated carbocycles. The number of allylic oxidation sites excluding steroid dienone is 2. The first-order valence-electron chi connectivity index (χ1n) is 3.46. The summed E-state index contributed by atoms with van der Waals surface area (Å²) in [5, 5.41) is 2.78. The Bertz CT molecular complexity index is 237. The van der Waals surface area contributed by atoms with Gasteiger partial charge in [0.2, 0.25) is 5.85 Å². The minimum atomic E-state index is -1.15. The van der Waals surface area contributed by atoms with Crippen LogP contribution in [0.2, 0.25) is 0 Å². The molecule has 5 nitrogen and oxygen atoms in total. The summed E-state index contributed by atoms with van der Waals surface area (Å²) in [6, 6.07) is 0. The summed E-state index contributed by atoms with van der Waals surface area (Å²) in [6.45, 7) is 0. The summed E-state index contributed by atoms with van der Waals surface area (Å²) in [5.41, 5.74) is 11.7. The van der Waals surface area contributed by atoms with Gasteiger partial charge in [0.25, 0.3) is 0 Å². The lowest BCUT2D eigenvalue weighted by molar-refractivity contribution is -0.0107. The predicted octanol–water partition coefficient (Wildman–Crippen LogP) is -0.821. The van der Waals surface area contributed by atoms with E-state index in [1.807, 2.05) is 0 Å². The molecule has 1 rings (SSSR count). The molecule has 0 bridgehead atoms. The monoisotopic (exact) mass is 171 g/mol. The average molecular weight is 171 g/mol. The highest BCUT2D eigenvalue weighted by Gasteiger charge is 2.30. The minimum Gasteiger partial charge on any atom is -0.482 e. The van der Waals surface area contributed by atoms with Crippen molar-refractivity contribution < 1.29 is 9.47 Å². The van der Waals surface area contributed by atoms with Crippen LogP contribution in [0.1, 0.15) is 0 Å². The summed E-state index contributed by atoms with van der Waals surface area (Å²) >= 11 is 0. The first kappa shape index (κ1) is 8.89. The number of rotatable bonds is 2. The predicted molar refractivity (Wildman–Crippen MR) is 44.4 cm³/mol. The zero-order valence-corrected chi connectivity index (χ0v) is 7.13. The van der Waals surface area contributed by atoms with E-state index >= 15 is 0 Å². The van der Waals surface area contributed by atoms with Gasteiger partial charge in [0, 0.05) is 7.11 Å². The third-order valence-electron chi connectivity index (χ3n) is 1.69.